The Morgan fingerprint density at radius 2 is 2.03 bits per heavy atom. The molecule has 2 heterocycles. The van der Waals surface area contributed by atoms with Crippen molar-refractivity contribution >= 4 is 56.2 Å². The molecular formula is C15H19N5O10S2. The molecule has 176 valence electrons. The third kappa shape index (κ3) is 5.29. The van der Waals surface area contributed by atoms with E-state index in [1.54, 1.807) is 0 Å². The van der Waals surface area contributed by atoms with Gasteiger partial charge in [0, 0.05) is 5.38 Å². The first kappa shape index (κ1) is 25.0. The smallest absolute Gasteiger partial charge is 0.362 e. The summed E-state index contributed by atoms with van der Waals surface area (Å²) in [6, 6.07) is -3.04. The van der Waals surface area contributed by atoms with E-state index in [2.05, 4.69) is 20.2 Å². The Morgan fingerprint density at radius 1 is 1.41 bits per heavy atom. The topological polar surface area (TPSA) is 228 Å². The Kier molecular flexibility index (Phi) is 7.06. The van der Waals surface area contributed by atoms with Gasteiger partial charge in [-0.25, -0.2) is 14.1 Å². The van der Waals surface area contributed by atoms with Crippen molar-refractivity contribution in [2.24, 2.45) is 5.16 Å². The number of aliphatic carboxylic acids is 1. The molecule has 1 fully saturated rings. The van der Waals surface area contributed by atoms with E-state index in [0.29, 0.717) is 0 Å². The van der Waals surface area contributed by atoms with E-state index in [9.17, 15) is 32.1 Å². The second kappa shape index (κ2) is 9.05. The van der Waals surface area contributed by atoms with Gasteiger partial charge in [-0.1, -0.05) is 5.16 Å². The Balaban J connectivity index is 2.34. The number of ether oxygens (including phenoxy) is 1. The Labute approximate surface area is 185 Å². The number of oxime groups is 1. The lowest BCUT2D eigenvalue weighted by Crippen LogP contribution is -2.72. The van der Waals surface area contributed by atoms with Crippen LogP contribution in [0.5, 0.6) is 0 Å². The number of rotatable bonds is 9. The van der Waals surface area contributed by atoms with Crippen molar-refractivity contribution in [3.63, 3.8) is 0 Å². The molecule has 0 spiro atoms. The average molecular weight is 493 g/mol. The summed E-state index contributed by atoms with van der Waals surface area (Å²) in [5, 5.41) is 16.2. The third-order valence-electron chi connectivity index (χ3n) is 4.17. The van der Waals surface area contributed by atoms with Gasteiger partial charge in [0.2, 0.25) is 5.60 Å². The Hall–Kier alpha value is -3.31. The summed E-state index contributed by atoms with van der Waals surface area (Å²) in [6.45, 7) is 2.32. The van der Waals surface area contributed by atoms with E-state index < -0.39 is 63.9 Å². The number of nitrogens with two attached hydrogens (primary N) is 1. The molecule has 1 aromatic rings. The number of aromatic nitrogens is 1. The molecule has 15 nitrogen and oxygen atoms in total. The highest BCUT2D eigenvalue weighted by atomic mass is 32.2. The number of thiazole rings is 1. The lowest BCUT2D eigenvalue weighted by molar-refractivity contribution is -0.161. The monoisotopic (exact) mass is 493 g/mol. The first-order chi connectivity index (χ1) is 14.7. The zero-order valence-corrected chi connectivity index (χ0v) is 18.5. The van der Waals surface area contributed by atoms with Crippen LogP contribution < -0.4 is 11.1 Å². The van der Waals surface area contributed by atoms with E-state index in [0.717, 1.165) is 32.3 Å². The molecule has 0 aliphatic carbocycles. The summed E-state index contributed by atoms with van der Waals surface area (Å²) in [7, 11) is -4.00. The van der Waals surface area contributed by atoms with Gasteiger partial charge in [0.15, 0.2) is 10.8 Å². The van der Waals surface area contributed by atoms with Crippen LogP contribution in [-0.4, -0.2) is 81.6 Å². The van der Waals surface area contributed by atoms with Gasteiger partial charge in [-0.05, 0) is 13.8 Å². The number of nitrogens with zero attached hydrogens (tertiary/aromatic N) is 3. The fourth-order valence-electron chi connectivity index (χ4n) is 2.43. The van der Waals surface area contributed by atoms with Gasteiger partial charge in [0.05, 0.1) is 19.6 Å². The molecule has 0 radical (unpaired) electrons. The Bertz CT molecular complexity index is 1080. The minimum atomic E-state index is -5.02. The highest BCUT2D eigenvalue weighted by Crippen LogP contribution is 2.27. The summed E-state index contributed by atoms with van der Waals surface area (Å²) < 4.78 is 36.6. The lowest BCUT2D eigenvalue weighted by atomic mass is 9.95. The molecule has 32 heavy (non-hydrogen) atoms. The molecule has 1 aliphatic heterocycles. The fraction of sp³-hybridized carbons (Fsp3) is 0.467. The van der Waals surface area contributed by atoms with Gasteiger partial charge in [-0.15, -0.1) is 11.3 Å². The molecule has 0 saturated carbocycles. The Morgan fingerprint density at radius 3 is 2.50 bits per heavy atom. The first-order valence-corrected chi connectivity index (χ1v) is 10.9. The normalized spacial score (nSPS) is 19.2. The summed E-state index contributed by atoms with van der Waals surface area (Å²) in [5.74, 6) is -4.64. The van der Waals surface area contributed by atoms with Crippen molar-refractivity contribution < 1.29 is 46.8 Å². The van der Waals surface area contributed by atoms with Gasteiger partial charge < -0.3 is 25.7 Å². The number of β-lactam (4-membered cyclic amide) rings is 1. The van der Waals surface area contributed by atoms with Crippen LogP contribution in [0.15, 0.2) is 10.5 Å². The molecule has 1 aliphatic rings. The predicted octanol–water partition coefficient (Wildman–Crippen LogP) is -1.63. The number of nitrogen functional groups attached to an aromatic ring is 1. The summed E-state index contributed by atoms with van der Waals surface area (Å²) in [5.41, 5.74) is 3.02. The summed E-state index contributed by atoms with van der Waals surface area (Å²) in [6.07, 6.45) is -0.661. The zero-order chi connectivity index (χ0) is 24.4. The van der Waals surface area contributed by atoms with Crippen LogP contribution in [0.4, 0.5) is 5.13 Å². The number of carboxylic acid groups (broad SMARTS) is 1. The SMILES string of the molecule is COC(=O)C[C@@H]1[C@@H](NC(=O)/C(=N/OC(C)(C)C(=O)O)c2csc(N)n2)C(=O)N1S(=O)(=O)O. The maximum Gasteiger partial charge on any atom is 0.362 e. The third-order valence-corrected chi connectivity index (χ3v) is 5.79. The van der Waals surface area contributed by atoms with Crippen LogP contribution in [-0.2, 0) is 39.1 Å². The number of esters is 1. The number of anilines is 1. The van der Waals surface area contributed by atoms with E-state index in [-0.39, 0.29) is 15.1 Å². The lowest BCUT2D eigenvalue weighted by Gasteiger charge is -2.43. The maximum atomic E-state index is 12.8. The van der Waals surface area contributed by atoms with Crippen molar-refractivity contribution in [3.8, 4) is 0 Å². The summed E-state index contributed by atoms with van der Waals surface area (Å²) in [4.78, 5) is 56.6. The van der Waals surface area contributed by atoms with Crippen molar-refractivity contribution in [1.82, 2.24) is 14.6 Å². The quantitative estimate of drug-likeness (QED) is 0.0999. The minimum Gasteiger partial charge on any atom is -0.478 e. The van der Waals surface area contributed by atoms with E-state index >= 15 is 0 Å². The highest BCUT2D eigenvalue weighted by molar-refractivity contribution is 7.84. The van der Waals surface area contributed by atoms with E-state index in [1.165, 1.54) is 5.38 Å². The second-order valence-electron chi connectivity index (χ2n) is 6.83. The molecule has 17 heteroatoms. The molecule has 0 bridgehead atoms. The number of amides is 2. The number of methoxy groups -OCH3 is 1. The molecule has 0 unspecified atom stereocenters. The summed E-state index contributed by atoms with van der Waals surface area (Å²) >= 11 is 0.930. The van der Waals surface area contributed by atoms with Crippen LogP contribution in [0.3, 0.4) is 0 Å². The van der Waals surface area contributed by atoms with Crippen LogP contribution in [0, 0.1) is 0 Å². The molecule has 2 rings (SSSR count). The van der Waals surface area contributed by atoms with Crippen LogP contribution in [0.25, 0.3) is 0 Å². The van der Waals surface area contributed by atoms with Crippen LogP contribution in [0.1, 0.15) is 26.0 Å². The molecule has 2 amide bonds. The van der Waals surface area contributed by atoms with E-state index in [4.69, 9.17) is 15.7 Å². The largest absolute Gasteiger partial charge is 0.478 e. The molecule has 1 saturated heterocycles. The number of hydrogen-bond donors (Lipinski definition) is 4. The number of carbonyl (C=O) groups is 4. The second-order valence-corrected chi connectivity index (χ2v) is 9.01. The van der Waals surface area contributed by atoms with Gasteiger partial charge in [0.1, 0.15) is 11.7 Å². The first-order valence-electron chi connectivity index (χ1n) is 8.58. The van der Waals surface area contributed by atoms with Crippen molar-refractivity contribution in [1.29, 1.82) is 0 Å². The number of hydrogen-bond acceptors (Lipinski definition) is 12. The minimum absolute atomic E-state index is 0.0244. The van der Waals surface area contributed by atoms with Crippen LogP contribution >= 0.6 is 11.3 Å². The van der Waals surface area contributed by atoms with Gasteiger partial charge >= 0.3 is 22.2 Å². The molecule has 1 aromatic heterocycles. The van der Waals surface area contributed by atoms with Gasteiger partial charge in [-0.3, -0.25) is 18.9 Å². The molecule has 2 atom stereocenters. The highest BCUT2D eigenvalue weighted by Gasteiger charge is 2.55. The average Bonchev–Trinajstić information content (AvgIpc) is 3.10. The standard InChI is InChI=1S/C15H19N5O10S2/c1-15(2,13(24)25)30-19-9(6-5-31-14(16)17-6)11(22)18-10-7(4-8(21)29-3)20(12(10)23)32(26,27)28/h5,7,10H,4H2,1-3H3,(H2,16,17)(H,18,22)(H,24,25)(H,26,27,28)/b19-9+/t7-,10-/m1/s1. The molecule has 0 aromatic carbocycles. The van der Waals surface area contributed by atoms with Crippen LogP contribution in [0.2, 0.25) is 0 Å². The molecule has 5 N–H and O–H groups in total. The predicted molar refractivity (Wildman–Crippen MR) is 107 cm³/mol. The fourth-order valence-corrected chi connectivity index (χ4v) is 3.85. The number of carbonyl (C=O) groups excluding carboxylic acids is 3. The van der Waals surface area contributed by atoms with Crippen molar-refractivity contribution in [2.75, 3.05) is 12.8 Å². The zero-order valence-electron chi connectivity index (χ0n) is 16.8. The van der Waals surface area contributed by atoms with Crippen molar-refractivity contribution in [2.45, 2.75) is 38.0 Å². The van der Waals surface area contributed by atoms with Crippen molar-refractivity contribution in [3.05, 3.63) is 11.1 Å². The van der Waals surface area contributed by atoms with Gasteiger partial charge in [0.25, 0.3) is 11.8 Å². The van der Waals surface area contributed by atoms with Gasteiger partial charge in [-0.2, -0.15) is 8.42 Å². The number of carboxylic acids is 1. The molecular weight excluding hydrogens is 474 g/mol. The number of nitrogens with one attached hydrogen (secondary N) is 1. The van der Waals surface area contributed by atoms with E-state index in [1.807, 2.05) is 0 Å². The maximum absolute atomic E-state index is 12.8.